The highest BCUT2D eigenvalue weighted by atomic mass is 32.1. The maximum absolute atomic E-state index is 13.3. The van der Waals surface area contributed by atoms with E-state index in [1.807, 2.05) is 5.38 Å². The summed E-state index contributed by atoms with van der Waals surface area (Å²) >= 11 is 1.39. The Hall–Kier alpha value is -2.28. The lowest BCUT2D eigenvalue weighted by atomic mass is 9.93. The molecule has 2 aromatic rings. The molecule has 2 heterocycles. The van der Waals surface area contributed by atoms with Gasteiger partial charge in [-0.3, -0.25) is 9.59 Å². The van der Waals surface area contributed by atoms with Gasteiger partial charge < -0.3 is 10.0 Å². The van der Waals surface area contributed by atoms with Crippen LogP contribution in [0.25, 0.3) is 10.6 Å². The molecular formula is C18H19FN2O3S. The molecule has 1 aliphatic heterocycles. The third-order valence-corrected chi connectivity index (χ3v) is 5.33. The van der Waals surface area contributed by atoms with Crippen LogP contribution in [0, 0.1) is 11.7 Å². The number of carboxylic acid groups (broad SMARTS) is 1. The maximum atomic E-state index is 13.3. The topological polar surface area (TPSA) is 70.5 Å². The number of carbonyl (C=O) groups is 2. The van der Waals surface area contributed by atoms with E-state index in [0.29, 0.717) is 29.4 Å². The third kappa shape index (κ3) is 4.63. The van der Waals surface area contributed by atoms with E-state index in [9.17, 15) is 14.0 Å². The summed E-state index contributed by atoms with van der Waals surface area (Å²) in [5.41, 5.74) is 1.39. The number of aliphatic carboxylic acids is 1. The maximum Gasteiger partial charge on any atom is 0.303 e. The number of hydrogen-bond acceptors (Lipinski definition) is 4. The first kappa shape index (κ1) is 17.5. The Morgan fingerprint density at radius 2 is 2.08 bits per heavy atom. The number of hydrogen-bond donors (Lipinski definition) is 1. The Labute approximate surface area is 149 Å². The van der Waals surface area contributed by atoms with Gasteiger partial charge in [-0.05, 0) is 30.9 Å². The Bertz CT molecular complexity index is 769. The molecule has 1 aromatic carbocycles. The van der Waals surface area contributed by atoms with Gasteiger partial charge in [0.15, 0.2) is 0 Å². The molecule has 3 rings (SSSR count). The summed E-state index contributed by atoms with van der Waals surface area (Å²) in [6, 6.07) is 6.24. The van der Waals surface area contributed by atoms with Gasteiger partial charge >= 0.3 is 5.97 Å². The average Bonchev–Trinajstić information content (AvgIpc) is 3.03. The molecule has 0 bridgehead atoms. The van der Waals surface area contributed by atoms with E-state index in [2.05, 4.69) is 4.98 Å². The number of benzene rings is 1. The Kier molecular flexibility index (Phi) is 5.43. The van der Waals surface area contributed by atoms with Crippen LogP contribution in [0.5, 0.6) is 0 Å². The van der Waals surface area contributed by atoms with Crippen molar-refractivity contribution in [1.82, 2.24) is 9.88 Å². The van der Waals surface area contributed by atoms with Gasteiger partial charge in [-0.15, -0.1) is 11.3 Å². The zero-order valence-corrected chi connectivity index (χ0v) is 14.5. The highest BCUT2D eigenvalue weighted by Gasteiger charge is 2.24. The summed E-state index contributed by atoms with van der Waals surface area (Å²) in [5, 5.41) is 11.4. The summed E-state index contributed by atoms with van der Waals surface area (Å²) in [6.07, 6.45) is 1.84. The molecule has 0 unspecified atom stereocenters. The zero-order chi connectivity index (χ0) is 17.8. The number of aromatic nitrogens is 1. The van der Waals surface area contributed by atoms with Crippen molar-refractivity contribution >= 4 is 23.2 Å². The van der Waals surface area contributed by atoms with Gasteiger partial charge in [0.1, 0.15) is 10.8 Å². The molecule has 1 aromatic heterocycles. The molecule has 1 fully saturated rings. The van der Waals surface area contributed by atoms with Crippen LogP contribution in [0.2, 0.25) is 0 Å². The molecule has 1 amide bonds. The Morgan fingerprint density at radius 3 is 2.76 bits per heavy atom. The minimum atomic E-state index is -0.780. The lowest BCUT2D eigenvalue weighted by Crippen LogP contribution is -2.39. The molecule has 5 nitrogen and oxygen atoms in total. The number of amides is 1. The van der Waals surface area contributed by atoms with Gasteiger partial charge in [0.05, 0.1) is 12.1 Å². The second-order valence-electron chi connectivity index (χ2n) is 6.25. The van der Waals surface area contributed by atoms with Crippen LogP contribution in [-0.4, -0.2) is 40.0 Å². The Balaban J connectivity index is 1.56. The largest absolute Gasteiger partial charge is 0.481 e. The summed E-state index contributed by atoms with van der Waals surface area (Å²) < 4.78 is 13.3. The minimum Gasteiger partial charge on any atom is -0.481 e. The second-order valence-corrected chi connectivity index (χ2v) is 7.11. The van der Waals surface area contributed by atoms with E-state index >= 15 is 0 Å². The summed E-state index contributed by atoms with van der Waals surface area (Å²) in [6.45, 7) is 1.19. The SMILES string of the molecule is O=C(O)CC1CCN(C(=O)Cc2csc(-c3cccc(F)c3)n2)CC1. The number of carboxylic acids is 1. The lowest BCUT2D eigenvalue weighted by molar-refractivity contribution is -0.138. The number of likely N-dealkylation sites (tertiary alicyclic amines) is 1. The van der Waals surface area contributed by atoms with E-state index < -0.39 is 5.97 Å². The minimum absolute atomic E-state index is 0.00451. The summed E-state index contributed by atoms with van der Waals surface area (Å²) in [5.74, 6) is -0.933. The number of carbonyl (C=O) groups excluding carboxylic acids is 1. The predicted molar refractivity (Wildman–Crippen MR) is 92.8 cm³/mol. The molecule has 1 aliphatic rings. The molecule has 7 heteroatoms. The molecule has 25 heavy (non-hydrogen) atoms. The van der Waals surface area contributed by atoms with Crippen molar-refractivity contribution in [3.05, 3.63) is 41.2 Å². The highest BCUT2D eigenvalue weighted by molar-refractivity contribution is 7.13. The predicted octanol–water partition coefficient (Wildman–Crippen LogP) is 3.21. The van der Waals surface area contributed by atoms with Crippen LogP contribution in [0.1, 0.15) is 25.0 Å². The van der Waals surface area contributed by atoms with Gasteiger partial charge in [0.2, 0.25) is 5.91 Å². The van der Waals surface area contributed by atoms with E-state index in [0.717, 1.165) is 12.8 Å². The Morgan fingerprint density at radius 1 is 1.32 bits per heavy atom. The fourth-order valence-corrected chi connectivity index (χ4v) is 3.86. The molecule has 1 saturated heterocycles. The van der Waals surface area contributed by atoms with Gasteiger partial charge in [-0.2, -0.15) is 0 Å². The number of nitrogens with zero attached hydrogens (tertiary/aromatic N) is 2. The molecule has 0 saturated carbocycles. The van der Waals surface area contributed by atoms with Gasteiger partial charge in [-0.25, -0.2) is 9.37 Å². The van der Waals surface area contributed by atoms with E-state index in [4.69, 9.17) is 5.11 Å². The number of piperidine rings is 1. The van der Waals surface area contributed by atoms with Crippen LogP contribution in [0.15, 0.2) is 29.6 Å². The van der Waals surface area contributed by atoms with E-state index in [-0.39, 0.29) is 30.5 Å². The quantitative estimate of drug-likeness (QED) is 0.887. The van der Waals surface area contributed by atoms with Crippen LogP contribution < -0.4 is 0 Å². The van der Waals surface area contributed by atoms with Crippen LogP contribution in [-0.2, 0) is 16.0 Å². The summed E-state index contributed by atoms with van der Waals surface area (Å²) in [7, 11) is 0. The second kappa shape index (κ2) is 7.74. The first-order chi connectivity index (χ1) is 12.0. The third-order valence-electron chi connectivity index (χ3n) is 4.39. The first-order valence-corrected chi connectivity index (χ1v) is 9.09. The standard InChI is InChI=1S/C18H19FN2O3S/c19-14-3-1-2-13(9-14)18-20-15(11-25-18)10-16(22)21-6-4-12(5-7-21)8-17(23)24/h1-3,9,11-12H,4-8,10H2,(H,23,24). The van der Waals surface area contributed by atoms with Crippen LogP contribution >= 0.6 is 11.3 Å². The number of rotatable bonds is 5. The van der Waals surface area contributed by atoms with Gasteiger partial charge in [-0.1, -0.05) is 12.1 Å². The lowest BCUT2D eigenvalue weighted by Gasteiger charge is -2.31. The normalized spacial score (nSPS) is 15.3. The van der Waals surface area contributed by atoms with Crippen molar-refractivity contribution in [3.8, 4) is 10.6 Å². The highest BCUT2D eigenvalue weighted by Crippen LogP contribution is 2.25. The number of halogens is 1. The van der Waals surface area contributed by atoms with Crippen molar-refractivity contribution in [3.63, 3.8) is 0 Å². The molecular weight excluding hydrogens is 343 g/mol. The van der Waals surface area contributed by atoms with Crippen LogP contribution in [0.4, 0.5) is 4.39 Å². The zero-order valence-electron chi connectivity index (χ0n) is 13.7. The monoisotopic (exact) mass is 362 g/mol. The van der Waals surface area contributed by atoms with Gasteiger partial charge in [0.25, 0.3) is 0 Å². The fourth-order valence-electron chi connectivity index (χ4n) is 3.04. The molecule has 0 aliphatic carbocycles. The van der Waals surface area contributed by atoms with Crippen molar-refractivity contribution in [1.29, 1.82) is 0 Å². The molecule has 0 spiro atoms. The van der Waals surface area contributed by atoms with E-state index in [1.165, 1.54) is 23.5 Å². The molecule has 0 atom stereocenters. The van der Waals surface area contributed by atoms with Crippen LogP contribution in [0.3, 0.4) is 0 Å². The molecule has 0 radical (unpaired) electrons. The molecule has 132 valence electrons. The average molecular weight is 362 g/mol. The smallest absolute Gasteiger partial charge is 0.303 e. The fraction of sp³-hybridized carbons (Fsp3) is 0.389. The van der Waals surface area contributed by atoms with Crippen molar-refractivity contribution in [2.45, 2.75) is 25.7 Å². The van der Waals surface area contributed by atoms with Crippen molar-refractivity contribution < 1.29 is 19.1 Å². The molecule has 1 N–H and O–H groups in total. The van der Waals surface area contributed by atoms with Gasteiger partial charge in [0, 0.05) is 30.5 Å². The van der Waals surface area contributed by atoms with Crippen molar-refractivity contribution in [2.24, 2.45) is 5.92 Å². The van der Waals surface area contributed by atoms with Crippen molar-refractivity contribution in [2.75, 3.05) is 13.1 Å². The number of thiazole rings is 1. The summed E-state index contributed by atoms with van der Waals surface area (Å²) in [4.78, 5) is 29.4. The van der Waals surface area contributed by atoms with E-state index in [1.54, 1.807) is 17.0 Å². The first-order valence-electron chi connectivity index (χ1n) is 8.21.